The molecule has 28 heavy (non-hydrogen) atoms. The summed E-state index contributed by atoms with van der Waals surface area (Å²) in [4.78, 5) is 23.0. The van der Waals surface area contributed by atoms with Crippen molar-refractivity contribution in [1.29, 1.82) is 0 Å². The van der Waals surface area contributed by atoms with Crippen molar-refractivity contribution in [3.8, 4) is 11.3 Å². The molecule has 3 N–H and O–H groups in total. The molecule has 6 heterocycles. The predicted octanol–water partition coefficient (Wildman–Crippen LogP) is 1.61. The fourth-order valence-corrected chi connectivity index (χ4v) is 5.60. The van der Waals surface area contributed by atoms with E-state index in [-0.39, 0.29) is 12.1 Å². The second-order valence-electron chi connectivity index (χ2n) is 8.80. The number of aromatic nitrogens is 4. The van der Waals surface area contributed by atoms with E-state index in [9.17, 15) is 5.11 Å². The zero-order valence-corrected chi connectivity index (χ0v) is 15.8. The Morgan fingerprint density at radius 1 is 0.964 bits per heavy atom. The first kappa shape index (κ1) is 16.5. The minimum Gasteiger partial charge on any atom is -0.393 e. The summed E-state index contributed by atoms with van der Waals surface area (Å²) in [6, 6.07) is 3.36. The van der Waals surface area contributed by atoms with Crippen molar-refractivity contribution in [2.45, 2.75) is 62.8 Å². The maximum Gasteiger partial charge on any atom is 0.228 e. The first-order valence-electron chi connectivity index (χ1n) is 10.3. The molecule has 5 aliphatic rings. The summed E-state index contributed by atoms with van der Waals surface area (Å²) >= 11 is 0. The third-order valence-electron chi connectivity index (χ3n) is 7.00. The van der Waals surface area contributed by atoms with E-state index in [1.165, 1.54) is 12.8 Å². The van der Waals surface area contributed by atoms with E-state index in [0.717, 1.165) is 61.2 Å². The molecule has 146 valence electrons. The third kappa shape index (κ3) is 2.54. The van der Waals surface area contributed by atoms with Crippen molar-refractivity contribution < 1.29 is 5.11 Å². The number of rotatable bonds is 3. The molecule has 8 heteroatoms. The van der Waals surface area contributed by atoms with Crippen molar-refractivity contribution in [2.75, 3.05) is 22.1 Å². The summed E-state index contributed by atoms with van der Waals surface area (Å²) in [5, 5.41) is 10.2. The van der Waals surface area contributed by atoms with Crippen LogP contribution in [0.4, 0.5) is 17.7 Å². The third-order valence-corrected chi connectivity index (χ3v) is 7.00. The van der Waals surface area contributed by atoms with Crippen molar-refractivity contribution >= 4 is 17.7 Å². The standard InChI is InChI=1S/C20H25N7O/c21-19-22-8-12(9-23-19)17-7-18(27-13-1-2-14(27)6-16(28)5-13)25-20(24-17)26-10-11-3-15(26)4-11/h7-9,11,13-16,28H,1-6,10H2,(H2,21,22,23). The molecule has 4 bridgehead atoms. The summed E-state index contributed by atoms with van der Waals surface area (Å²) in [5.41, 5.74) is 7.37. The zero-order valence-electron chi connectivity index (χ0n) is 15.8. The Labute approximate surface area is 163 Å². The van der Waals surface area contributed by atoms with Gasteiger partial charge in [-0.2, -0.15) is 4.98 Å². The van der Waals surface area contributed by atoms with Crippen LogP contribution in [-0.4, -0.2) is 55.8 Å². The quantitative estimate of drug-likeness (QED) is 0.829. The van der Waals surface area contributed by atoms with Gasteiger partial charge in [0.25, 0.3) is 0 Å². The smallest absolute Gasteiger partial charge is 0.228 e. The molecule has 1 aliphatic carbocycles. The molecular weight excluding hydrogens is 354 g/mol. The number of hydrogen-bond donors (Lipinski definition) is 2. The van der Waals surface area contributed by atoms with Gasteiger partial charge in [0.1, 0.15) is 5.82 Å². The summed E-state index contributed by atoms with van der Waals surface area (Å²) in [5.74, 6) is 2.85. The van der Waals surface area contributed by atoms with Crippen LogP contribution in [0.5, 0.6) is 0 Å². The van der Waals surface area contributed by atoms with Crippen LogP contribution in [0.15, 0.2) is 18.5 Å². The monoisotopic (exact) mass is 379 g/mol. The molecule has 2 atom stereocenters. The number of nitrogens with zero attached hydrogens (tertiary/aromatic N) is 6. The van der Waals surface area contributed by atoms with Gasteiger partial charge in [-0.1, -0.05) is 0 Å². The first-order valence-corrected chi connectivity index (χ1v) is 10.3. The Hall–Kier alpha value is -2.48. The van der Waals surface area contributed by atoms with Gasteiger partial charge >= 0.3 is 0 Å². The highest BCUT2D eigenvalue weighted by molar-refractivity contribution is 5.65. The van der Waals surface area contributed by atoms with Crippen LogP contribution in [0.25, 0.3) is 11.3 Å². The number of piperidine rings is 1. The van der Waals surface area contributed by atoms with Crippen LogP contribution >= 0.6 is 0 Å². The van der Waals surface area contributed by atoms with Gasteiger partial charge in [0.2, 0.25) is 11.9 Å². The molecule has 5 fully saturated rings. The Bertz CT molecular complexity index is 884. The SMILES string of the molecule is Nc1ncc(-c2cc(N3C4CCC3CC(O)C4)nc(N3CC4CC3C4)n2)cn1. The van der Waals surface area contributed by atoms with Crippen molar-refractivity contribution in [1.82, 2.24) is 19.9 Å². The lowest BCUT2D eigenvalue weighted by Crippen LogP contribution is -2.45. The Kier molecular flexibility index (Phi) is 3.53. The molecule has 1 saturated carbocycles. The van der Waals surface area contributed by atoms with E-state index >= 15 is 0 Å². The van der Waals surface area contributed by atoms with Gasteiger partial charge in [0, 0.05) is 48.7 Å². The molecule has 0 spiro atoms. The Balaban J connectivity index is 1.43. The van der Waals surface area contributed by atoms with Crippen LogP contribution in [0.2, 0.25) is 0 Å². The lowest BCUT2D eigenvalue weighted by Gasteiger charge is -2.38. The topological polar surface area (TPSA) is 104 Å². The molecule has 0 amide bonds. The lowest BCUT2D eigenvalue weighted by molar-refractivity contribution is 0.126. The van der Waals surface area contributed by atoms with Gasteiger partial charge in [-0.25, -0.2) is 15.0 Å². The largest absolute Gasteiger partial charge is 0.393 e. The molecule has 0 radical (unpaired) electrons. The minimum atomic E-state index is -0.189. The predicted molar refractivity (Wildman–Crippen MR) is 106 cm³/mol. The van der Waals surface area contributed by atoms with Crippen molar-refractivity contribution in [3.05, 3.63) is 18.5 Å². The van der Waals surface area contributed by atoms with Crippen LogP contribution in [-0.2, 0) is 0 Å². The number of nitrogen functional groups attached to an aromatic ring is 1. The number of fused-ring (bicyclic) bond motifs is 3. The molecule has 8 nitrogen and oxygen atoms in total. The fourth-order valence-electron chi connectivity index (χ4n) is 5.60. The number of anilines is 3. The summed E-state index contributed by atoms with van der Waals surface area (Å²) in [6.45, 7) is 1.05. The summed E-state index contributed by atoms with van der Waals surface area (Å²) in [6.07, 6.45) is 9.68. The lowest BCUT2D eigenvalue weighted by atomic mass is 9.86. The molecule has 2 unspecified atom stereocenters. The highest BCUT2D eigenvalue weighted by atomic mass is 16.3. The molecule has 7 rings (SSSR count). The molecule has 4 aliphatic heterocycles. The minimum absolute atomic E-state index is 0.189. The van der Waals surface area contributed by atoms with E-state index < -0.39 is 0 Å². The van der Waals surface area contributed by atoms with Crippen molar-refractivity contribution in [2.24, 2.45) is 5.92 Å². The number of hydrogen-bond acceptors (Lipinski definition) is 8. The summed E-state index contributed by atoms with van der Waals surface area (Å²) in [7, 11) is 0. The van der Waals surface area contributed by atoms with Gasteiger partial charge in [-0.05, 0) is 44.4 Å². The average Bonchev–Trinajstić information content (AvgIpc) is 3.34. The van der Waals surface area contributed by atoms with Crippen LogP contribution in [0.3, 0.4) is 0 Å². The van der Waals surface area contributed by atoms with Crippen molar-refractivity contribution in [3.63, 3.8) is 0 Å². The zero-order chi connectivity index (χ0) is 18.8. The first-order chi connectivity index (χ1) is 13.6. The molecule has 2 aromatic rings. The average molecular weight is 379 g/mol. The van der Waals surface area contributed by atoms with E-state index in [2.05, 4.69) is 25.8 Å². The van der Waals surface area contributed by atoms with E-state index in [1.807, 2.05) is 0 Å². The maximum absolute atomic E-state index is 10.2. The number of aliphatic hydroxyl groups is 1. The number of aliphatic hydroxyl groups excluding tert-OH is 1. The van der Waals surface area contributed by atoms with E-state index in [0.29, 0.717) is 18.1 Å². The highest BCUT2D eigenvalue weighted by Gasteiger charge is 2.45. The summed E-state index contributed by atoms with van der Waals surface area (Å²) < 4.78 is 0. The van der Waals surface area contributed by atoms with E-state index in [4.69, 9.17) is 15.7 Å². The van der Waals surface area contributed by atoms with Crippen LogP contribution < -0.4 is 15.5 Å². The van der Waals surface area contributed by atoms with Crippen LogP contribution in [0.1, 0.15) is 38.5 Å². The number of nitrogens with two attached hydrogens (primary N) is 1. The molecule has 0 aromatic carbocycles. The second kappa shape index (κ2) is 6.01. The van der Waals surface area contributed by atoms with Gasteiger partial charge < -0.3 is 20.6 Å². The highest BCUT2D eigenvalue weighted by Crippen LogP contribution is 2.44. The van der Waals surface area contributed by atoms with E-state index in [1.54, 1.807) is 12.4 Å². The molecular formula is C20H25N7O. The molecule has 2 aromatic heterocycles. The fraction of sp³-hybridized carbons (Fsp3) is 0.600. The molecule has 4 saturated heterocycles. The Morgan fingerprint density at radius 3 is 2.32 bits per heavy atom. The van der Waals surface area contributed by atoms with Gasteiger partial charge in [0.05, 0.1) is 11.8 Å². The van der Waals surface area contributed by atoms with Gasteiger partial charge in [-0.3, -0.25) is 0 Å². The normalized spacial score (nSPS) is 33.2. The second-order valence-corrected chi connectivity index (χ2v) is 8.80. The van der Waals surface area contributed by atoms with Crippen LogP contribution in [0, 0.1) is 5.92 Å². The van der Waals surface area contributed by atoms with Gasteiger partial charge in [-0.15, -0.1) is 0 Å². The van der Waals surface area contributed by atoms with Gasteiger partial charge in [0.15, 0.2) is 0 Å². The Morgan fingerprint density at radius 2 is 1.68 bits per heavy atom. The maximum atomic E-state index is 10.2.